The van der Waals surface area contributed by atoms with Crippen LogP contribution in [0, 0.1) is 5.92 Å². The zero-order valence-corrected chi connectivity index (χ0v) is 12.8. The number of halogens is 1. The molecule has 108 valence electrons. The minimum Gasteiger partial charge on any atom is -0.327 e. The second-order valence-corrected chi connectivity index (χ2v) is 6.55. The molecule has 0 saturated heterocycles. The molecule has 0 amide bonds. The van der Waals surface area contributed by atoms with E-state index in [0.29, 0.717) is 0 Å². The van der Waals surface area contributed by atoms with Gasteiger partial charge in [0.15, 0.2) is 0 Å². The van der Waals surface area contributed by atoms with Crippen LogP contribution in [0.1, 0.15) is 56.7 Å². The van der Waals surface area contributed by atoms with Crippen molar-refractivity contribution in [3.63, 3.8) is 0 Å². The van der Waals surface area contributed by atoms with E-state index in [1.165, 1.54) is 38.5 Å². The summed E-state index contributed by atoms with van der Waals surface area (Å²) in [5.41, 5.74) is 2.12. The highest BCUT2D eigenvalue weighted by molar-refractivity contribution is 6.20. The molecular weight excluding hydrogens is 270 g/mol. The number of aromatic nitrogens is 3. The molecule has 3 nitrogen and oxygen atoms in total. The summed E-state index contributed by atoms with van der Waals surface area (Å²) in [7, 11) is 0. The first-order valence-electron chi connectivity index (χ1n) is 7.70. The summed E-state index contributed by atoms with van der Waals surface area (Å²) < 4.78 is 2.28. The fourth-order valence-electron chi connectivity index (χ4n) is 3.38. The van der Waals surface area contributed by atoms with Gasteiger partial charge in [0.25, 0.3) is 0 Å². The smallest absolute Gasteiger partial charge is 0.127 e. The van der Waals surface area contributed by atoms with Crippen molar-refractivity contribution in [3.8, 4) is 0 Å². The predicted molar refractivity (Wildman–Crippen MR) is 83.0 cm³/mol. The largest absolute Gasteiger partial charge is 0.327 e. The highest BCUT2D eigenvalue weighted by atomic mass is 35.5. The van der Waals surface area contributed by atoms with Gasteiger partial charge in [0.2, 0.25) is 0 Å². The third-order valence-corrected chi connectivity index (χ3v) is 4.60. The Kier molecular flexibility index (Phi) is 4.25. The van der Waals surface area contributed by atoms with Crippen molar-refractivity contribution in [2.45, 2.75) is 57.4 Å². The van der Waals surface area contributed by atoms with Crippen LogP contribution in [0.25, 0.3) is 11.0 Å². The molecule has 3 rings (SSSR count). The average Bonchev–Trinajstić information content (AvgIpc) is 3.07. The molecule has 0 aliphatic heterocycles. The van der Waals surface area contributed by atoms with Gasteiger partial charge in [-0.1, -0.05) is 25.7 Å². The maximum absolute atomic E-state index is 6.28. The van der Waals surface area contributed by atoms with Crippen LogP contribution in [-0.2, 0) is 6.54 Å². The van der Waals surface area contributed by atoms with E-state index in [2.05, 4.69) is 14.5 Å². The average molecular weight is 292 g/mol. The van der Waals surface area contributed by atoms with Crippen molar-refractivity contribution in [1.82, 2.24) is 14.5 Å². The molecule has 2 aromatic heterocycles. The van der Waals surface area contributed by atoms with Crippen molar-refractivity contribution in [3.05, 3.63) is 24.3 Å². The van der Waals surface area contributed by atoms with Crippen LogP contribution in [0.5, 0.6) is 0 Å². The highest BCUT2D eigenvalue weighted by Gasteiger charge is 2.17. The van der Waals surface area contributed by atoms with E-state index >= 15 is 0 Å². The van der Waals surface area contributed by atoms with E-state index < -0.39 is 0 Å². The van der Waals surface area contributed by atoms with Gasteiger partial charge in [-0.05, 0) is 31.7 Å². The van der Waals surface area contributed by atoms with Crippen LogP contribution < -0.4 is 0 Å². The van der Waals surface area contributed by atoms with Crippen molar-refractivity contribution in [1.29, 1.82) is 0 Å². The summed E-state index contributed by atoms with van der Waals surface area (Å²) >= 11 is 6.28. The number of aryl methyl sites for hydroxylation is 1. The molecular formula is C16H22ClN3. The number of nitrogens with zero attached hydrogens (tertiary/aromatic N) is 3. The number of fused-ring (bicyclic) bond motifs is 1. The molecule has 1 saturated carbocycles. The lowest BCUT2D eigenvalue weighted by Gasteiger charge is -2.12. The Morgan fingerprint density at radius 1 is 1.40 bits per heavy atom. The monoisotopic (exact) mass is 291 g/mol. The van der Waals surface area contributed by atoms with Crippen molar-refractivity contribution >= 4 is 22.6 Å². The van der Waals surface area contributed by atoms with E-state index in [1.54, 1.807) is 0 Å². The van der Waals surface area contributed by atoms with Crippen LogP contribution >= 0.6 is 11.6 Å². The topological polar surface area (TPSA) is 30.7 Å². The number of hydrogen-bond acceptors (Lipinski definition) is 2. The molecule has 0 bridgehead atoms. The molecule has 0 aromatic carbocycles. The van der Waals surface area contributed by atoms with E-state index in [9.17, 15) is 0 Å². The number of alkyl halides is 1. The maximum atomic E-state index is 6.28. The zero-order chi connectivity index (χ0) is 13.9. The summed E-state index contributed by atoms with van der Waals surface area (Å²) in [6, 6.07) is 2.04. The lowest BCUT2D eigenvalue weighted by Crippen LogP contribution is -2.06. The molecule has 1 aliphatic carbocycles. The van der Waals surface area contributed by atoms with Crippen molar-refractivity contribution in [2.75, 3.05) is 0 Å². The van der Waals surface area contributed by atoms with Crippen molar-refractivity contribution in [2.24, 2.45) is 5.92 Å². The number of imidazole rings is 1. The molecule has 0 spiro atoms. The minimum absolute atomic E-state index is 0.0612. The van der Waals surface area contributed by atoms with Crippen LogP contribution in [0.3, 0.4) is 0 Å². The van der Waals surface area contributed by atoms with Gasteiger partial charge in [0, 0.05) is 12.7 Å². The molecule has 1 atom stereocenters. The first-order chi connectivity index (χ1) is 9.75. The van der Waals surface area contributed by atoms with Crippen LogP contribution in [0.2, 0.25) is 0 Å². The Labute approximate surface area is 125 Å². The minimum atomic E-state index is -0.0612. The molecule has 20 heavy (non-hydrogen) atoms. The fraction of sp³-hybridized carbons (Fsp3) is 0.625. The van der Waals surface area contributed by atoms with Gasteiger partial charge in [-0.2, -0.15) is 0 Å². The zero-order valence-electron chi connectivity index (χ0n) is 12.1. The number of rotatable bonds is 5. The Balaban J connectivity index is 1.76. The molecule has 2 heterocycles. The Morgan fingerprint density at radius 2 is 2.20 bits per heavy atom. The number of hydrogen-bond donors (Lipinski definition) is 0. The van der Waals surface area contributed by atoms with Crippen LogP contribution in [0.4, 0.5) is 0 Å². The first kappa shape index (κ1) is 13.9. The predicted octanol–water partition coefficient (Wildman–Crippen LogP) is 4.70. The standard InChI is InChI=1S/C16H22ClN3/c1-12(17)16-19-14-11-18-9-8-15(14)20(16)10-4-7-13-5-2-3-6-13/h8-9,11-13H,2-7,10H2,1H3. The van der Waals surface area contributed by atoms with Gasteiger partial charge in [0.1, 0.15) is 11.3 Å². The van der Waals surface area contributed by atoms with Gasteiger partial charge in [-0.25, -0.2) is 4.98 Å². The molecule has 0 N–H and O–H groups in total. The lowest BCUT2D eigenvalue weighted by atomic mass is 10.0. The fourth-order valence-corrected chi connectivity index (χ4v) is 3.54. The highest BCUT2D eigenvalue weighted by Crippen LogP contribution is 2.30. The van der Waals surface area contributed by atoms with Gasteiger partial charge >= 0.3 is 0 Å². The van der Waals surface area contributed by atoms with Crippen LogP contribution in [0.15, 0.2) is 18.5 Å². The molecule has 1 fully saturated rings. The third kappa shape index (κ3) is 2.83. The maximum Gasteiger partial charge on any atom is 0.127 e. The summed E-state index contributed by atoms with van der Waals surface area (Å²) in [5.74, 6) is 1.92. The Morgan fingerprint density at radius 3 is 2.95 bits per heavy atom. The molecule has 4 heteroatoms. The van der Waals surface area contributed by atoms with E-state index in [-0.39, 0.29) is 5.38 Å². The van der Waals surface area contributed by atoms with Crippen molar-refractivity contribution < 1.29 is 0 Å². The summed E-state index contributed by atoms with van der Waals surface area (Å²) in [6.45, 7) is 3.01. The molecule has 2 aromatic rings. The van der Waals surface area contributed by atoms with E-state index in [0.717, 1.165) is 29.3 Å². The quantitative estimate of drug-likeness (QED) is 0.748. The molecule has 1 unspecified atom stereocenters. The second kappa shape index (κ2) is 6.13. The molecule has 1 aliphatic rings. The van der Waals surface area contributed by atoms with Gasteiger partial charge in [-0.15, -0.1) is 11.6 Å². The van der Waals surface area contributed by atoms with E-state index in [1.807, 2.05) is 25.4 Å². The second-order valence-electron chi connectivity index (χ2n) is 5.89. The lowest BCUT2D eigenvalue weighted by molar-refractivity contribution is 0.457. The van der Waals surface area contributed by atoms with Gasteiger partial charge in [-0.3, -0.25) is 4.98 Å². The first-order valence-corrected chi connectivity index (χ1v) is 8.13. The van der Waals surface area contributed by atoms with Gasteiger partial charge < -0.3 is 4.57 Å². The SMILES string of the molecule is CC(Cl)c1nc2cnccc2n1CCCC1CCCC1. The Bertz CT molecular complexity index is 570. The number of pyridine rings is 1. The summed E-state index contributed by atoms with van der Waals surface area (Å²) in [4.78, 5) is 8.78. The van der Waals surface area contributed by atoms with E-state index in [4.69, 9.17) is 11.6 Å². The summed E-state index contributed by atoms with van der Waals surface area (Å²) in [5, 5.41) is -0.0612. The van der Waals surface area contributed by atoms with Gasteiger partial charge in [0.05, 0.1) is 17.1 Å². The normalized spacial score (nSPS) is 17.9. The third-order valence-electron chi connectivity index (χ3n) is 4.40. The summed E-state index contributed by atoms with van der Waals surface area (Å²) in [6.07, 6.45) is 11.9. The molecule has 0 radical (unpaired) electrons. The van der Waals surface area contributed by atoms with Crippen LogP contribution in [-0.4, -0.2) is 14.5 Å². The Hall–Kier alpha value is -1.09.